The number of guanidine groups is 2. The summed E-state index contributed by atoms with van der Waals surface area (Å²) in [5.74, 6) is -10.9. The van der Waals surface area contributed by atoms with Gasteiger partial charge in [0.15, 0.2) is 17.7 Å². The Balaban J connectivity index is 1.80. The van der Waals surface area contributed by atoms with Crippen LogP contribution in [-0.4, -0.2) is 126 Å². The molecule has 1 saturated heterocycles. The van der Waals surface area contributed by atoms with Gasteiger partial charge < -0.3 is 71.3 Å². The first-order chi connectivity index (χ1) is 36.6. The second-order valence-corrected chi connectivity index (χ2v) is 19.0. The Morgan fingerprint density at radius 1 is 0.740 bits per heavy atom. The third kappa shape index (κ3) is 21.4. The van der Waals surface area contributed by atoms with E-state index in [-0.39, 0.29) is 89.3 Å². The number of aliphatic imine (C=N–C) groups is 2. The number of para-hydroxylation sites is 1. The van der Waals surface area contributed by atoms with E-state index < -0.39 is 139 Å². The number of rotatable bonds is 19. The molecule has 4 rings (SSSR count). The highest BCUT2D eigenvalue weighted by Gasteiger charge is 2.35. The van der Waals surface area contributed by atoms with Gasteiger partial charge in [0.25, 0.3) is 0 Å². The zero-order valence-corrected chi connectivity index (χ0v) is 43.1. The fourth-order valence-electron chi connectivity index (χ4n) is 8.77. The summed E-state index contributed by atoms with van der Waals surface area (Å²) in [5.41, 5.74) is 35.1. The number of nitrogens with zero attached hydrogens (tertiary/aromatic N) is 2. The van der Waals surface area contributed by atoms with Crippen molar-refractivity contribution >= 4 is 81.6 Å². The van der Waals surface area contributed by atoms with E-state index in [9.17, 15) is 52.3 Å². The number of primary amides is 2. The maximum atomic E-state index is 14.7. The lowest BCUT2D eigenvalue weighted by Gasteiger charge is -2.27. The van der Waals surface area contributed by atoms with E-state index in [1.165, 1.54) is 19.1 Å². The van der Waals surface area contributed by atoms with Gasteiger partial charge in [-0.25, -0.2) is 4.39 Å². The minimum atomic E-state index is -1.61. The second-order valence-electron chi connectivity index (χ2n) is 19.0. The van der Waals surface area contributed by atoms with Crippen molar-refractivity contribution in [3.8, 4) is 0 Å². The molecule has 2 heterocycles. The molecule has 26 heteroatoms. The van der Waals surface area contributed by atoms with E-state index >= 15 is 0 Å². The zero-order chi connectivity index (χ0) is 56.6. The molecule has 3 aromatic rings. The molecule has 0 aliphatic carbocycles. The van der Waals surface area contributed by atoms with Crippen LogP contribution in [0.25, 0.3) is 10.9 Å². The highest BCUT2D eigenvalue weighted by molar-refractivity contribution is 5.98. The number of benzene rings is 2. The number of nitrogens with two attached hydrogens (primary N) is 6. The van der Waals surface area contributed by atoms with Crippen LogP contribution in [0.15, 0.2) is 64.7 Å². The number of hydrogen-bond acceptors (Lipinski definition) is 12. The summed E-state index contributed by atoms with van der Waals surface area (Å²) in [7, 11) is 0. The molecule has 1 fully saturated rings. The van der Waals surface area contributed by atoms with Crippen LogP contribution in [0.5, 0.6) is 0 Å². The summed E-state index contributed by atoms with van der Waals surface area (Å²) in [6.45, 7) is 1.28. The Kier molecular flexibility index (Phi) is 24.4. The van der Waals surface area contributed by atoms with Crippen LogP contribution < -0.4 is 66.3 Å². The van der Waals surface area contributed by atoms with Gasteiger partial charge in [0.2, 0.25) is 47.3 Å². The molecule has 2 aromatic carbocycles. The Bertz CT molecular complexity index is 2630. The number of carbonyl (C=O) groups excluding carboxylic acids is 10. The van der Waals surface area contributed by atoms with Crippen LogP contribution in [-0.2, 0) is 60.8 Å². The first kappa shape index (κ1) is 61.1. The lowest BCUT2D eigenvalue weighted by Crippen LogP contribution is -2.58. The van der Waals surface area contributed by atoms with Gasteiger partial charge in [0.05, 0.1) is 6.04 Å². The summed E-state index contributed by atoms with van der Waals surface area (Å²) in [6.07, 6.45) is -0.615. The summed E-state index contributed by atoms with van der Waals surface area (Å²) in [6, 6.07) is 5.23. The van der Waals surface area contributed by atoms with Gasteiger partial charge in [-0.05, 0) is 93.5 Å². The van der Waals surface area contributed by atoms with E-state index in [1.807, 2.05) is 24.3 Å². The molecule has 418 valence electrons. The number of halogens is 1. The van der Waals surface area contributed by atoms with Crippen LogP contribution in [0.1, 0.15) is 95.1 Å². The van der Waals surface area contributed by atoms with Crippen molar-refractivity contribution in [3.63, 3.8) is 0 Å². The molecule has 8 amide bonds. The minimum Gasteiger partial charge on any atom is -0.370 e. The summed E-state index contributed by atoms with van der Waals surface area (Å²) in [5, 5.41) is 16.4. The Labute approximate surface area is 444 Å². The number of hydrogen-bond donors (Lipinski definition) is 13. The topological polar surface area (TPSA) is 440 Å². The van der Waals surface area contributed by atoms with Gasteiger partial charge in [0.1, 0.15) is 35.8 Å². The molecular formula is C51H72FN15O10. The van der Waals surface area contributed by atoms with Crippen molar-refractivity contribution < 1.29 is 52.3 Å². The number of carbonyl (C=O) groups is 10. The fraction of sp³-hybridized carbons (Fsp3) is 0.490. The first-order valence-corrected chi connectivity index (χ1v) is 25.4. The van der Waals surface area contributed by atoms with E-state index in [4.69, 9.17) is 34.4 Å². The van der Waals surface area contributed by atoms with Crippen molar-refractivity contribution in [2.75, 3.05) is 19.6 Å². The van der Waals surface area contributed by atoms with Gasteiger partial charge in [0, 0.05) is 81.2 Å². The van der Waals surface area contributed by atoms with Gasteiger partial charge >= 0.3 is 0 Å². The lowest BCUT2D eigenvalue weighted by molar-refractivity contribution is -0.136. The lowest BCUT2D eigenvalue weighted by atomic mass is 9.83. The normalized spacial score (nSPS) is 21.0. The summed E-state index contributed by atoms with van der Waals surface area (Å²) >= 11 is 0. The van der Waals surface area contributed by atoms with Crippen molar-refractivity contribution in [3.05, 3.63) is 71.7 Å². The zero-order valence-electron chi connectivity index (χ0n) is 43.1. The molecule has 0 spiro atoms. The molecule has 0 radical (unpaired) electrons. The van der Waals surface area contributed by atoms with Crippen molar-refractivity contribution in [1.82, 2.24) is 36.9 Å². The molecule has 77 heavy (non-hydrogen) atoms. The molecule has 0 bridgehead atoms. The van der Waals surface area contributed by atoms with Crippen LogP contribution >= 0.6 is 0 Å². The minimum absolute atomic E-state index is 0.00432. The van der Waals surface area contributed by atoms with Crippen molar-refractivity contribution in [1.29, 1.82) is 0 Å². The van der Waals surface area contributed by atoms with Crippen LogP contribution in [0, 0.1) is 17.7 Å². The molecule has 0 unspecified atom stereocenters. The second kappa shape index (κ2) is 30.8. The van der Waals surface area contributed by atoms with E-state index in [0.29, 0.717) is 11.1 Å². The predicted molar refractivity (Wildman–Crippen MR) is 283 cm³/mol. The van der Waals surface area contributed by atoms with Crippen LogP contribution in [0.3, 0.4) is 0 Å². The smallest absolute Gasteiger partial charge is 0.243 e. The van der Waals surface area contributed by atoms with Gasteiger partial charge in [-0.1, -0.05) is 30.3 Å². The van der Waals surface area contributed by atoms with Gasteiger partial charge in [-0.3, -0.25) is 57.9 Å². The third-order valence-electron chi connectivity index (χ3n) is 12.8. The Morgan fingerprint density at radius 3 is 2.06 bits per heavy atom. The van der Waals surface area contributed by atoms with Crippen molar-refractivity contribution in [2.45, 2.75) is 127 Å². The number of H-pyrrole nitrogens is 1. The SMILES string of the molecule is CC(=O)N[C@@H](CCCN=C(N)N)C(=O)N[C@H]1CCC(=O)NCCC[C@@H](C(N)=O)NC(=O)[C@H](Cc2c[nH]c3ccccc23)CC(=O)[C@H](CCCN=C(N)N)CC(=O)[C@@H](Cc2ccc(F)cc2)NC(=O)[C@H](CCC(N)=O)NC1=O. The largest absolute Gasteiger partial charge is 0.370 e. The summed E-state index contributed by atoms with van der Waals surface area (Å²) in [4.78, 5) is 148. The van der Waals surface area contributed by atoms with Crippen LogP contribution in [0.2, 0.25) is 0 Å². The maximum Gasteiger partial charge on any atom is 0.243 e. The fourth-order valence-corrected chi connectivity index (χ4v) is 8.77. The number of nitrogens with one attached hydrogen (secondary N) is 7. The number of amides is 8. The molecule has 25 nitrogen and oxygen atoms in total. The molecule has 1 aliphatic heterocycles. The third-order valence-corrected chi connectivity index (χ3v) is 12.8. The van der Waals surface area contributed by atoms with Gasteiger partial charge in [-0.15, -0.1) is 0 Å². The first-order valence-electron chi connectivity index (χ1n) is 25.4. The quantitative estimate of drug-likeness (QED) is 0.0359. The number of Topliss-reactive ketones (excluding diaryl/α,β-unsaturated/α-hetero) is 2. The van der Waals surface area contributed by atoms with Crippen LogP contribution in [0.4, 0.5) is 4.39 Å². The molecule has 7 atom stereocenters. The average Bonchev–Trinajstić information content (AvgIpc) is 3.78. The van der Waals surface area contributed by atoms with Gasteiger partial charge in [-0.2, -0.15) is 0 Å². The molecule has 1 aromatic heterocycles. The molecule has 1 aliphatic rings. The monoisotopic (exact) mass is 1070 g/mol. The predicted octanol–water partition coefficient (Wildman–Crippen LogP) is -1.76. The molecular weight excluding hydrogens is 1000 g/mol. The number of fused-ring (bicyclic) bond motifs is 1. The maximum absolute atomic E-state index is 14.7. The number of ketones is 2. The standard InChI is InChI=1S/C51H72FN15O10/c1-28(68)63-37(11-6-22-61-51(57)58)47(75)66-39-17-19-44(72)59-20-5-10-36(45(54)73)64-46(74)31(24-32-27-62-35-9-3-2-8-34(32)35)26-41(69)30(7-4-21-60-50(55)56)25-42(70)40(23-29-12-14-33(52)15-13-29)67-49(77)38(65-48(39)76)16-18-43(53)71/h2-3,8-9,12-15,27,30-31,36-40,62H,4-7,10-11,16-26H2,1H3,(H2,53,71)(H2,54,73)(H,59,72)(H,63,68)(H,64,74)(H,65,76)(H,66,75)(H,67,77)(H4,55,56,60)(H4,57,58,61)/t30-,31-,36+,37+,38+,39+,40-/m1/s1. The molecule has 0 saturated carbocycles. The van der Waals surface area contributed by atoms with Crippen molar-refractivity contribution in [2.24, 2.45) is 56.2 Å². The number of aromatic amines is 1. The average molecular weight is 1070 g/mol. The number of aromatic nitrogens is 1. The Hall–Kier alpha value is -8.45. The summed E-state index contributed by atoms with van der Waals surface area (Å²) < 4.78 is 14.2. The van der Waals surface area contributed by atoms with E-state index in [1.54, 1.807) is 6.20 Å². The highest BCUT2D eigenvalue weighted by Crippen LogP contribution is 2.26. The Morgan fingerprint density at radius 2 is 1.40 bits per heavy atom. The van der Waals surface area contributed by atoms with E-state index in [0.717, 1.165) is 23.0 Å². The van der Waals surface area contributed by atoms with E-state index in [2.05, 4.69) is 46.9 Å². The molecule has 19 N–H and O–H groups in total. The highest BCUT2D eigenvalue weighted by atomic mass is 19.1.